The van der Waals surface area contributed by atoms with Crippen molar-refractivity contribution in [2.45, 2.75) is 28.6 Å². The van der Waals surface area contributed by atoms with Gasteiger partial charge in [0, 0.05) is 18.8 Å². The molecule has 7 heteroatoms. The Hall–Kier alpha value is -0.980. The average Bonchev–Trinajstić information content (AvgIpc) is 2.47. The number of nitrogens with one attached hydrogen (secondary N) is 1. The van der Waals surface area contributed by atoms with Crippen LogP contribution < -0.4 is 5.32 Å². The highest BCUT2D eigenvalue weighted by molar-refractivity contribution is 7.99. The lowest BCUT2D eigenvalue weighted by Gasteiger charge is -2.07. The van der Waals surface area contributed by atoms with E-state index in [9.17, 15) is 0 Å². The molecule has 0 saturated carbocycles. The molecule has 2 heterocycles. The molecule has 0 aromatic carbocycles. The van der Waals surface area contributed by atoms with Gasteiger partial charge in [-0.1, -0.05) is 30.3 Å². The van der Waals surface area contributed by atoms with E-state index in [0.717, 1.165) is 34.0 Å². The molecule has 2 rings (SSSR count). The van der Waals surface area contributed by atoms with Crippen molar-refractivity contribution in [1.82, 2.24) is 15.0 Å². The highest BCUT2D eigenvalue weighted by atomic mass is 35.5. The van der Waals surface area contributed by atoms with E-state index in [1.165, 1.54) is 23.5 Å². The molecule has 0 aliphatic heterocycles. The summed E-state index contributed by atoms with van der Waals surface area (Å²) in [7, 11) is 0. The lowest BCUT2D eigenvalue weighted by atomic mass is 10.4. The van der Waals surface area contributed by atoms with E-state index < -0.39 is 0 Å². The number of rotatable bonds is 6. The minimum atomic E-state index is 0.632. The predicted octanol–water partition coefficient (Wildman–Crippen LogP) is 4.22. The Morgan fingerprint density at radius 1 is 1.25 bits per heavy atom. The predicted molar refractivity (Wildman–Crippen MR) is 86.0 cm³/mol. The number of nitrogens with zero attached hydrogens (tertiary/aromatic N) is 3. The van der Waals surface area contributed by atoms with E-state index in [1.807, 2.05) is 24.5 Å². The fourth-order valence-corrected chi connectivity index (χ4v) is 2.73. The molecule has 20 heavy (non-hydrogen) atoms. The molecule has 106 valence electrons. The number of anilines is 1. The molecule has 0 aliphatic carbocycles. The third kappa shape index (κ3) is 4.54. The molecular formula is C13H15ClN4S2. The second-order valence-corrected chi connectivity index (χ2v) is 6.17. The van der Waals surface area contributed by atoms with Gasteiger partial charge in [0.1, 0.15) is 15.9 Å². The summed E-state index contributed by atoms with van der Waals surface area (Å²) in [6.07, 6.45) is 4.66. The summed E-state index contributed by atoms with van der Waals surface area (Å²) in [5, 5.41) is 6.40. The molecule has 0 unspecified atom stereocenters. The third-order valence-electron chi connectivity index (χ3n) is 2.33. The van der Waals surface area contributed by atoms with Crippen molar-refractivity contribution in [3.63, 3.8) is 0 Å². The Morgan fingerprint density at radius 2 is 2.10 bits per heavy atom. The van der Waals surface area contributed by atoms with Crippen LogP contribution in [0, 0.1) is 0 Å². The Balaban J connectivity index is 2.19. The van der Waals surface area contributed by atoms with Crippen LogP contribution in [0.4, 0.5) is 5.82 Å². The van der Waals surface area contributed by atoms with Gasteiger partial charge in [-0.2, -0.15) is 0 Å². The first kappa shape index (κ1) is 15.4. The first-order valence-corrected chi connectivity index (χ1v) is 8.59. The molecular weight excluding hydrogens is 312 g/mol. The normalized spacial score (nSPS) is 10.6. The topological polar surface area (TPSA) is 50.7 Å². The summed E-state index contributed by atoms with van der Waals surface area (Å²) in [5.41, 5.74) is 0. The summed E-state index contributed by atoms with van der Waals surface area (Å²) in [4.78, 5) is 13.2. The molecule has 4 nitrogen and oxygen atoms in total. The Morgan fingerprint density at radius 3 is 2.75 bits per heavy atom. The molecule has 0 atom stereocenters. The zero-order chi connectivity index (χ0) is 14.4. The zero-order valence-electron chi connectivity index (χ0n) is 11.3. The maximum absolute atomic E-state index is 5.83. The first-order valence-electron chi connectivity index (χ1n) is 6.17. The van der Waals surface area contributed by atoms with Crippen molar-refractivity contribution in [1.29, 1.82) is 0 Å². The SMILES string of the molecule is CCCNc1cc(Sc2ccc(Cl)cn2)nc(SC)n1. The lowest BCUT2D eigenvalue weighted by Crippen LogP contribution is -2.03. The standard InChI is InChI=1S/C13H15ClN4S2/c1-3-6-15-10-7-12(18-13(17-10)19-2)20-11-5-4-9(14)8-16-11/h4-5,7-8H,3,6H2,1-2H3,(H,15,17,18). The second kappa shape index (κ2) is 7.71. The molecule has 0 spiro atoms. The summed E-state index contributed by atoms with van der Waals surface area (Å²) in [6, 6.07) is 5.65. The van der Waals surface area contributed by atoms with Crippen LogP contribution in [0.3, 0.4) is 0 Å². The van der Waals surface area contributed by atoms with Gasteiger partial charge in [-0.3, -0.25) is 0 Å². The highest BCUT2D eigenvalue weighted by Crippen LogP contribution is 2.28. The van der Waals surface area contributed by atoms with E-state index in [1.54, 1.807) is 6.20 Å². The number of hydrogen-bond acceptors (Lipinski definition) is 6. The van der Waals surface area contributed by atoms with Crippen LogP contribution in [-0.2, 0) is 0 Å². The largest absolute Gasteiger partial charge is 0.370 e. The van der Waals surface area contributed by atoms with Gasteiger partial charge in [0.05, 0.1) is 5.02 Å². The zero-order valence-corrected chi connectivity index (χ0v) is 13.6. The van der Waals surface area contributed by atoms with Crippen LogP contribution in [0.15, 0.2) is 39.6 Å². The van der Waals surface area contributed by atoms with Crippen LogP contribution >= 0.6 is 35.1 Å². The van der Waals surface area contributed by atoms with Gasteiger partial charge < -0.3 is 5.32 Å². The number of pyridine rings is 1. The number of thioether (sulfide) groups is 1. The Bertz CT molecular complexity index is 563. The van der Waals surface area contributed by atoms with Gasteiger partial charge in [0.2, 0.25) is 0 Å². The fraction of sp³-hybridized carbons (Fsp3) is 0.308. The summed E-state index contributed by atoms with van der Waals surface area (Å²) in [6.45, 7) is 3.02. The molecule has 0 saturated heterocycles. The molecule has 2 aromatic heterocycles. The van der Waals surface area contributed by atoms with Crippen molar-refractivity contribution >= 4 is 40.9 Å². The maximum atomic E-state index is 5.83. The first-order chi connectivity index (χ1) is 9.71. The molecule has 0 aliphatic rings. The minimum absolute atomic E-state index is 0.632. The molecule has 2 aromatic rings. The second-order valence-electron chi connectivity index (χ2n) is 3.92. The Kier molecular flexibility index (Phi) is 5.94. The molecule has 1 N–H and O–H groups in total. The summed E-state index contributed by atoms with van der Waals surface area (Å²) >= 11 is 8.86. The lowest BCUT2D eigenvalue weighted by molar-refractivity contribution is 0.877. The Labute approximate surface area is 132 Å². The van der Waals surface area contributed by atoms with E-state index in [2.05, 4.69) is 27.2 Å². The van der Waals surface area contributed by atoms with Crippen molar-refractivity contribution in [2.24, 2.45) is 0 Å². The van der Waals surface area contributed by atoms with Crippen LogP contribution in [-0.4, -0.2) is 27.8 Å². The van der Waals surface area contributed by atoms with Gasteiger partial charge in [-0.25, -0.2) is 15.0 Å². The van der Waals surface area contributed by atoms with Crippen molar-refractivity contribution in [3.8, 4) is 0 Å². The fourth-order valence-electron chi connectivity index (χ4n) is 1.42. The minimum Gasteiger partial charge on any atom is -0.370 e. The molecule has 0 bridgehead atoms. The van der Waals surface area contributed by atoms with Crippen LogP contribution in [0.5, 0.6) is 0 Å². The molecule has 0 fully saturated rings. The molecule has 0 radical (unpaired) electrons. The maximum Gasteiger partial charge on any atom is 0.190 e. The highest BCUT2D eigenvalue weighted by Gasteiger charge is 2.06. The van der Waals surface area contributed by atoms with Gasteiger partial charge in [-0.15, -0.1) is 0 Å². The van der Waals surface area contributed by atoms with Crippen molar-refractivity contribution in [2.75, 3.05) is 18.1 Å². The van der Waals surface area contributed by atoms with E-state index in [4.69, 9.17) is 11.6 Å². The monoisotopic (exact) mass is 326 g/mol. The van der Waals surface area contributed by atoms with E-state index in [-0.39, 0.29) is 0 Å². The van der Waals surface area contributed by atoms with Gasteiger partial charge in [0.25, 0.3) is 0 Å². The van der Waals surface area contributed by atoms with Gasteiger partial charge >= 0.3 is 0 Å². The van der Waals surface area contributed by atoms with Crippen LogP contribution in [0.1, 0.15) is 13.3 Å². The van der Waals surface area contributed by atoms with Gasteiger partial charge in [0.15, 0.2) is 5.16 Å². The van der Waals surface area contributed by atoms with Crippen LogP contribution in [0.2, 0.25) is 5.02 Å². The van der Waals surface area contributed by atoms with Gasteiger partial charge in [-0.05, 0) is 36.6 Å². The summed E-state index contributed by atoms with van der Waals surface area (Å²) < 4.78 is 0. The number of halogens is 1. The smallest absolute Gasteiger partial charge is 0.190 e. The third-order valence-corrected chi connectivity index (χ3v) is 3.97. The molecule has 0 amide bonds. The van der Waals surface area contributed by atoms with Crippen molar-refractivity contribution < 1.29 is 0 Å². The number of hydrogen-bond donors (Lipinski definition) is 1. The summed E-state index contributed by atoms with van der Waals surface area (Å²) in [5.74, 6) is 0.850. The quantitative estimate of drug-likeness (QED) is 0.487. The number of aromatic nitrogens is 3. The van der Waals surface area contributed by atoms with Crippen LogP contribution in [0.25, 0.3) is 0 Å². The van der Waals surface area contributed by atoms with E-state index in [0.29, 0.717) is 5.02 Å². The van der Waals surface area contributed by atoms with E-state index >= 15 is 0 Å². The van der Waals surface area contributed by atoms with Crippen molar-refractivity contribution in [3.05, 3.63) is 29.4 Å². The average molecular weight is 327 g/mol.